The summed E-state index contributed by atoms with van der Waals surface area (Å²) in [5, 5.41) is 0. The highest BCUT2D eigenvalue weighted by atomic mass is 32.2. The first-order valence-corrected chi connectivity index (χ1v) is 8.49. The molecule has 2 unspecified atom stereocenters. The fourth-order valence-corrected chi connectivity index (χ4v) is 5.47. The Morgan fingerprint density at radius 2 is 2.00 bits per heavy atom. The van der Waals surface area contributed by atoms with E-state index in [9.17, 15) is 8.42 Å². The maximum atomic E-state index is 12.6. The van der Waals surface area contributed by atoms with Crippen LogP contribution in [0.5, 0.6) is 0 Å². The van der Waals surface area contributed by atoms with Gasteiger partial charge >= 0.3 is 0 Å². The van der Waals surface area contributed by atoms with Crippen LogP contribution in [0.15, 0.2) is 45.7 Å². The fraction of sp³-hybridized carbons (Fsp3) is 0.375. The molecular formula is C16H17NO2S. The number of benzene rings is 1. The minimum absolute atomic E-state index is 0.463. The van der Waals surface area contributed by atoms with Crippen molar-refractivity contribution >= 4 is 15.9 Å². The van der Waals surface area contributed by atoms with Crippen LogP contribution < -0.4 is 0 Å². The van der Waals surface area contributed by atoms with Crippen molar-refractivity contribution in [2.24, 2.45) is 11.8 Å². The Morgan fingerprint density at radius 3 is 2.75 bits per heavy atom. The predicted molar refractivity (Wildman–Crippen MR) is 78.8 cm³/mol. The number of hydrogen-bond acceptors (Lipinski definition) is 3. The number of fused-ring (bicyclic) bond motifs is 2. The van der Waals surface area contributed by atoms with Crippen molar-refractivity contribution in [2.45, 2.75) is 11.3 Å². The molecule has 0 saturated carbocycles. The average Bonchev–Trinajstić information content (AvgIpc) is 2.99. The average molecular weight is 287 g/mol. The lowest BCUT2D eigenvalue weighted by Gasteiger charge is -2.10. The first-order chi connectivity index (χ1) is 9.55. The molecule has 2 heterocycles. The van der Waals surface area contributed by atoms with Gasteiger partial charge in [-0.25, -0.2) is 8.42 Å². The molecule has 0 radical (unpaired) electrons. The molecule has 104 valence electrons. The molecule has 1 aromatic rings. The molecule has 3 aliphatic rings. The summed E-state index contributed by atoms with van der Waals surface area (Å²) in [6.07, 6.45) is 4.94. The molecule has 0 amide bonds. The second kappa shape index (κ2) is 4.06. The molecule has 0 bridgehead atoms. The Bertz CT molecular complexity index is 745. The summed E-state index contributed by atoms with van der Waals surface area (Å²) >= 11 is 0. The Labute approximate surface area is 119 Å². The van der Waals surface area contributed by atoms with E-state index in [0.717, 1.165) is 30.6 Å². The number of allylic oxidation sites excluding steroid dienone is 1. The van der Waals surface area contributed by atoms with Gasteiger partial charge in [0.2, 0.25) is 9.84 Å². The van der Waals surface area contributed by atoms with E-state index in [2.05, 4.69) is 18.0 Å². The fourth-order valence-electron chi connectivity index (χ4n) is 3.76. The van der Waals surface area contributed by atoms with E-state index in [1.54, 1.807) is 12.1 Å². The van der Waals surface area contributed by atoms with E-state index in [1.165, 1.54) is 0 Å². The molecule has 1 aliphatic carbocycles. The van der Waals surface area contributed by atoms with Crippen molar-refractivity contribution in [3.63, 3.8) is 0 Å². The number of rotatable bonds is 1. The predicted octanol–water partition coefficient (Wildman–Crippen LogP) is 2.32. The standard InChI is InChI=1S/C16H17NO2S/c1-17-9-13-6-12(7-14(13)10-17)16-8-11-4-2-3-5-15(11)20(16,18)19/h2-6,8,13-14H,7,9-10H2,1H3. The molecule has 2 aliphatic heterocycles. The van der Waals surface area contributed by atoms with Crippen LogP contribution in [0.3, 0.4) is 0 Å². The number of likely N-dealkylation sites (tertiary alicyclic amines) is 1. The molecule has 4 heteroatoms. The zero-order chi connectivity index (χ0) is 13.9. The van der Waals surface area contributed by atoms with Crippen LogP contribution in [0, 0.1) is 11.8 Å². The second-order valence-electron chi connectivity index (χ2n) is 6.09. The van der Waals surface area contributed by atoms with Gasteiger partial charge in [-0.1, -0.05) is 24.3 Å². The summed E-state index contributed by atoms with van der Waals surface area (Å²) in [6.45, 7) is 2.12. The number of sulfone groups is 1. The van der Waals surface area contributed by atoms with Crippen LogP contribution in [-0.4, -0.2) is 33.5 Å². The first kappa shape index (κ1) is 12.4. The monoisotopic (exact) mass is 287 g/mol. The third-order valence-electron chi connectivity index (χ3n) is 4.67. The number of nitrogens with zero attached hydrogens (tertiary/aromatic N) is 1. The highest BCUT2D eigenvalue weighted by Gasteiger charge is 2.39. The van der Waals surface area contributed by atoms with E-state index in [4.69, 9.17) is 0 Å². The van der Waals surface area contributed by atoms with Crippen LogP contribution in [0.25, 0.3) is 6.08 Å². The third kappa shape index (κ3) is 1.64. The lowest BCUT2D eigenvalue weighted by atomic mass is 10.00. The van der Waals surface area contributed by atoms with Gasteiger partial charge in [0.25, 0.3) is 0 Å². The van der Waals surface area contributed by atoms with E-state index in [0.29, 0.717) is 21.6 Å². The van der Waals surface area contributed by atoms with Crippen molar-refractivity contribution in [1.82, 2.24) is 4.90 Å². The first-order valence-electron chi connectivity index (χ1n) is 7.01. The molecule has 2 atom stereocenters. The van der Waals surface area contributed by atoms with Gasteiger partial charge in [-0.15, -0.1) is 0 Å². The molecule has 1 fully saturated rings. The van der Waals surface area contributed by atoms with Crippen molar-refractivity contribution in [3.8, 4) is 0 Å². The van der Waals surface area contributed by atoms with Crippen LogP contribution >= 0.6 is 0 Å². The maximum Gasteiger partial charge on any atom is 0.207 e. The minimum atomic E-state index is -3.30. The van der Waals surface area contributed by atoms with Crippen molar-refractivity contribution in [3.05, 3.63) is 46.4 Å². The van der Waals surface area contributed by atoms with E-state index < -0.39 is 9.84 Å². The Balaban J connectivity index is 1.74. The largest absolute Gasteiger partial charge is 0.305 e. The quantitative estimate of drug-likeness (QED) is 0.795. The molecule has 20 heavy (non-hydrogen) atoms. The lowest BCUT2D eigenvalue weighted by molar-refractivity contribution is 0.393. The van der Waals surface area contributed by atoms with Crippen LogP contribution in [-0.2, 0) is 9.84 Å². The highest BCUT2D eigenvalue weighted by Crippen LogP contribution is 2.44. The van der Waals surface area contributed by atoms with Gasteiger partial charge < -0.3 is 4.90 Å². The van der Waals surface area contributed by atoms with Gasteiger partial charge in [0.1, 0.15) is 0 Å². The lowest BCUT2D eigenvalue weighted by Crippen LogP contribution is -2.15. The molecule has 0 N–H and O–H groups in total. The van der Waals surface area contributed by atoms with Gasteiger partial charge in [-0.05, 0) is 48.6 Å². The maximum absolute atomic E-state index is 12.6. The van der Waals surface area contributed by atoms with Gasteiger partial charge in [0.15, 0.2) is 0 Å². The normalized spacial score (nSPS) is 30.9. The van der Waals surface area contributed by atoms with E-state index in [-0.39, 0.29) is 0 Å². The molecule has 3 nitrogen and oxygen atoms in total. The van der Waals surface area contributed by atoms with Gasteiger partial charge in [-0.2, -0.15) is 0 Å². The SMILES string of the molecule is CN1CC2C=C(C3=Cc4ccccc4S3(=O)=O)CC2C1. The zero-order valence-electron chi connectivity index (χ0n) is 11.4. The summed E-state index contributed by atoms with van der Waals surface area (Å²) in [5.41, 5.74) is 1.86. The third-order valence-corrected chi connectivity index (χ3v) is 6.58. The number of hydrogen-bond donors (Lipinski definition) is 0. The van der Waals surface area contributed by atoms with Crippen molar-refractivity contribution in [2.75, 3.05) is 20.1 Å². The minimum Gasteiger partial charge on any atom is -0.305 e. The summed E-state index contributed by atoms with van der Waals surface area (Å²) in [7, 11) is -1.16. The molecule has 0 spiro atoms. The summed E-state index contributed by atoms with van der Waals surface area (Å²) < 4.78 is 25.3. The van der Waals surface area contributed by atoms with E-state index >= 15 is 0 Å². The molecule has 1 aromatic carbocycles. The van der Waals surface area contributed by atoms with Gasteiger partial charge in [0.05, 0.1) is 9.80 Å². The Kier molecular flexibility index (Phi) is 2.51. The van der Waals surface area contributed by atoms with E-state index in [1.807, 2.05) is 18.2 Å². The van der Waals surface area contributed by atoms with Crippen molar-refractivity contribution < 1.29 is 8.42 Å². The van der Waals surface area contributed by atoms with Gasteiger partial charge in [0, 0.05) is 13.1 Å². The summed E-state index contributed by atoms with van der Waals surface area (Å²) in [4.78, 5) is 3.33. The van der Waals surface area contributed by atoms with Crippen LogP contribution in [0.4, 0.5) is 0 Å². The zero-order valence-corrected chi connectivity index (χ0v) is 12.2. The smallest absolute Gasteiger partial charge is 0.207 e. The van der Waals surface area contributed by atoms with Crippen molar-refractivity contribution in [1.29, 1.82) is 0 Å². The molecule has 4 rings (SSSR count). The Morgan fingerprint density at radius 1 is 1.20 bits per heavy atom. The summed E-state index contributed by atoms with van der Waals surface area (Å²) in [5.74, 6) is 1.12. The van der Waals surface area contributed by atoms with Crippen LogP contribution in [0.1, 0.15) is 12.0 Å². The molecular weight excluding hydrogens is 270 g/mol. The van der Waals surface area contributed by atoms with Crippen LogP contribution in [0.2, 0.25) is 0 Å². The highest BCUT2D eigenvalue weighted by molar-refractivity contribution is 7.96. The van der Waals surface area contributed by atoms with Gasteiger partial charge in [-0.3, -0.25) is 0 Å². The second-order valence-corrected chi connectivity index (χ2v) is 7.98. The molecule has 1 saturated heterocycles. The summed E-state index contributed by atoms with van der Waals surface area (Å²) in [6, 6.07) is 7.27. The molecule has 0 aromatic heterocycles. The Hall–Kier alpha value is -1.39. The topological polar surface area (TPSA) is 37.4 Å².